The Bertz CT molecular complexity index is 475. The molecule has 1 unspecified atom stereocenters. The van der Waals surface area contributed by atoms with Gasteiger partial charge in [-0.2, -0.15) is 0 Å². The van der Waals surface area contributed by atoms with Gasteiger partial charge in [0.25, 0.3) is 5.91 Å². The maximum Gasteiger partial charge on any atom is 0.256 e. The number of ether oxygens (including phenoxy) is 1. The molecule has 102 valence electrons. The highest BCUT2D eigenvalue weighted by Crippen LogP contribution is 2.28. The van der Waals surface area contributed by atoms with Crippen molar-refractivity contribution in [3.05, 3.63) is 35.4 Å². The lowest BCUT2D eigenvalue weighted by Crippen LogP contribution is -2.53. The molecule has 1 amide bonds. The molecular formula is C15H20N2O2. The van der Waals surface area contributed by atoms with Gasteiger partial charge in [-0.15, -0.1) is 0 Å². The largest absolute Gasteiger partial charge is 0.363 e. The van der Waals surface area contributed by atoms with Crippen LogP contribution in [0, 0.1) is 0 Å². The van der Waals surface area contributed by atoms with Crippen LogP contribution in [0.3, 0.4) is 0 Å². The number of nitrogens with zero attached hydrogens (tertiary/aromatic N) is 1. The van der Waals surface area contributed by atoms with Crippen molar-refractivity contribution in [1.29, 1.82) is 0 Å². The molecule has 0 spiro atoms. The summed E-state index contributed by atoms with van der Waals surface area (Å²) >= 11 is 0. The van der Waals surface area contributed by atoms with Crippen LogP contribution in [-0.2, 0) is 16.0 Å². The van der Waals surface area contributed by atoms with Gasteiger partial charge in [-0.3, -0.25) is 4.79 Å². The van der Waals surface area contributed by atoms with E-state index in [1.165, 1.54) is 5.56 Å². The van der Waals surface area contributed by atoms with E-state index in [1.807, 2.05) is 23.1 Å². The second-order valence-corrected chi connectivity index (χ2v) is 5.34. The molecule has 1 aromatic rings. The molecule has 2 heterocycles. The highest BCUT2D eigenvalue weighted by atomic mass is 16.5. The first-order valence-corrected chi connectivity index (χ1v) is 6.97. The highest BCUT2D eigenvalue weighted by molar-refractivity contribution is 5.83. The molecule has 3 rings (SSSR count). The summed E-state index contributed by atoms with van der Waals surface area (Å²) in [6, 6.07) is 8.48. The molecule has 4 heteroatoms. The minimum Gasteiger partial charge on any atom is -0.363 e. The van der Waals surface area contributed by atoms with E-state index in [9.17, 15) is 4.79 Å². The van der Waals surface area contributed by atoms with Gasteiger partial charge in [0.2, 0.25) is 0 Å². The molecule has 4 nitrogen and oxygen atoms in total. The van der Waals surface area contributed by atoms with Crippen LogP contribution in [0.1, 0.15) is 24.2 Å². The monoisotopic (exact) mass is 260 g/mol. The van der Waals surface area contributed by atoms with Gasteiger partial charge in [-0.25, -0.2) is 0 Å². The van der Waals surface area contributed by atoms with Gasteiger partial charge >= 0.3 is 0 Å². The van der Waals surface area contributed by atoms with E-state index in [0.29, 0.717) is 12.6 Å². The maximum atomic E-state index is 12.6. The lowest BCUT2D eigenvalue weighted by molar-refractivity contribution is -0.146. The predicted molar refractivity (Wildman–Crippen MR) is 72.9 cm³/mol. The molecule has 1 saturated heterocycles. The molecule has 1 N–H and O–H groups in total. The second-order valence-electron chi connectivity index (χ2n) is 5.34. The summed E-state index contributed by atoms with van der Waals surface area (Å²) in [6.45, 7) is 5.14. The fourth-order valence-electron chi connectivity index (χ4n) is 2.90. The normalized spacial score (nSPS) is 26.9. The Morgan fingerprint density at radius 2 is 2.26 bits per heavy atom. The first-order chi connectivity index (χ1) is 9.25. The average Bonchev–Trinajstić information content (AvgIpc) is 2.46. The molecular weight excluding hydrogens is 240 g/mol. The fraction of sp³-hybridized carbons (Fsp3) is 0.533. The molecule has 2 aliphatic rings. The summed E-state index contributed by atoms with van der Waals surface area (Å²) in [4.78, 5) is 14.6. The number of piperazine rings is 1. The number of fused-ring (bicyclic) bond motifs is 1. The molecule has 0 radical (unpaired) electrons. The van der Waals surface area contributed by atoms with Gasteiger partial charge in [0, 0.05) is 25.7 Å². The maximum absolute atomic E-state index is 12.6. The van der Waals surface area contributed by atoms with Crippen LogP contribution in [-0.4, -0.2) is 43.1 Å². The molecule has 1 aromatic carbocycles. The van der Waals surface area contributed by atoms with Crippen LogP contribution in [0.25, 0.3) is 0 Å². The molecule has 0 saturated carbocycles. The standard InChI is InChI=1S/C15H20N2O2/c1-11-10-17(8-7-16-11)15(18)14-13-5-3-2-4-12(13)6-9-19-14/h2-5,11,14,16H,6-10H2,1H3/t11-,14?/m1/s1. The lowest BCUT2D eigenvalue weighted by atomic mass is 9.96. The van der Waals surface area contributed by atoms with Gasteiger partial charge < -0.3 is 15.0 Å². The van der Waals surface area contributed by atoms with Crippen molar-refractivity contribution < 1.29 is 9.53 Å². The van der Waals surface area contributed by atoms with Gasteiger partial charge in [-0.05, 0) is 24.5 Å². The quantitative estimate of drug-likeness (QED) is 0.823. The van der Waals surface area contributed by atoms with Crippen molar-refractivity contribution in [1.82, 2.24) is 10.2 Å². The van der Waals surface area contributed by atoms with Crippen LogP contribution < -0.4 is 5.32 Å². The molecule has 19 heavy (non-hydrogen) atoms. The van der Waals surface area contributed by atoms with E-state index in [0.717, 1.165) is 31.6 Å². The zero-order valence-electron chi connectivity index (χ0n) is 11.3. The summed E-state index contributed by atoms with van der Waals surface area (Å²) in [5, 5.41) is 3.35. The summed E-state index contributed by atoms with van der Waals surface area (Å²) in [7, 11) is 0. The Balaban J connectivity index is 1.81. The second kappa shape index (κ2) is 5.31. The van der Waals surface area contributed by atoms with Gasteiger partial charge in [-0.1, -0.05) is 24.3 Å². The molecule has 2 aliphatic heterocycles. The third-order valence-corrected chi connectivity index (χ3v) is 3.90. The molecule has 1 fully saturated rings. The summed E-state index contributed by atoms with van der Waals surface area (Å²) < 4.78 is 5.74. The zero-order chi connectivity index (χ0) is 13.2. The predicted octanol–water partition coefficient (Wildman–Crippen LogP) is 1.12. The average molecular weight is 260 g/mol. The van der Waals surface area contributed by atoms with E-state index in [4.69, 9.17) is 4.74 Å². The minimum atomic E-state index is -0.407. The van der Waals surface area contributed by atoms with E-state index in [1.54, 1.807) is 0 Å². The topological polar surface area (TPSA) is 41.6 Å². The Labute approximate surface area is 113 Å². The molecule has 2 atom stereocenters. The van der Waals surface area contributed by atoms with E-state index >= 15 is 0 Å². The molecule has 0 bridgehead atoms. The first kappa shape index (κ1) is 12.6. The van der Waals surface area contributed by atoms with E-state index < -0.39 is 6.10 Å². The van der Waals surface area contributed by atoms with Crippen LogP contribution in [0.5, 0.6) is 0 Å². The highest BCUT2D eigenvalue weighted by Gasteiger charge is 2.32. The van der Waals surface area contributed by atoms with E-state index in [2.05, 4.69) is 18.3 Å². The Hall–Kier alpha value is -1.39. The smallest absolute Gasteiger partial charge is 0.256 e. The summed E-state index contributed by atoms with van der Waals surface area (Å²) in [5.41, 5.74) is 2.29. The van der Waals surface area contributed by atoms with Gasteiger partial charge in [0.05, 0.1) is 6.61 Å². The van der Waals surface area contributed by atoms with Crippen LogP contribution in [0.15, 0.2) is 24.3 Å². The van der Waals surface area contributed by atoms with Gasteiger partial charge in [0.15, 0.2) is 6.10 Å². The number of rotatable bonds is 1. The number of amides is 1. The van der Waals surface area contributed by atoms with Crippen LogP contribution in [0.2, 0.25) is 0 Å². The zero-order valence-corrected chi connectivity index (χ0v) is 11.3. The number of hydrogen-bond acceptors (Lipinski definition) is 3. The Morgan fingerprint density at radius 1 is 1.42 bits per heavy atom. The van der Waals surface area contributed by atoms with Crippen molar-refractivity contribution in [2.24, 2.45) is 0 Å². The Kier molecular flexibility index (Phi) is 3.53. The molecule has 0 aromatic heterocycles. The third-order valence-electron chi connectivity index (χ3n) is 3.90. The van der Waals surface area contributed by atoms with Crippen LogP contribution >= 0.6 is 0 Å². The summed E-state index contributed by atoms with van der Waals surface area (Å²) in [5.74, 6) is 0.112. The minimum absolute atomic E-state index is 0.112. The van der Waals surface area contributed by atoms with Gasteiger partial charge in [0.1, 0.15) is 0 Å². The van der Waals surface area contributed by atoms with Crippen molar-refractivity contribution in [2.45, 2.75) is 25.5 Å². The molecule has 0 aliphatic carbocycles. The van der Waals surface area contributed by atoms with Crippen molar-refractivity contribution >= 4 is 5.91 Å². The van der Waals surface area contributed by atoms with Crippen LogP contribution in [0.4, 0.5) is 0 Å². The lowest BCUT2D eigenvalue weighted by Gasteiger charge is -2.35. The van der Waals surface area contributed by atoms with Crippen molar-refractivity contribution in [3.63, 3.8) is 0 Å². The Morgan fingerprint density at radius 3 is 3.11 bits per heavy atom. The summed E-state index contributed by atoms with van der Waals surface area (Å²) in [6.07, 6.45) is 0.494. The number of nitrogens with one attached hydrogen (secondary N) is 1. The number of carbonyl (C=O) groups is 1. The number of benzene rings is 1. The fourth-order valence-corrected chi connectivity index (χ4v) is 2.90. The van der Waals surface area contributed by atoms with E-state index in [-0.39, 0.29) is 5.91 Å². The van der Waals surface area contributed by atoms with Crippen molar-refractivity contribution in [3.8, 4) is 0 Å². The third kappa shape index (κ3) is 2.51. The number of hydrogen-bond donors (Lipinski definition) is 1. The number of carbonyl (C=O) groups excluding carboxylic acids is 1. The SMILES string of the molecule is C[C@@H]1CN(C(=O)C2OCCc3ccccc32)CCN1. The van der Waals surface area contributed by atoms with Crippen molar-refractivity contribution in [2.75, 3.05) is 26.2 Å². The first-order valence-electron chi connectivity index (χ1n) is 6.97.